The van der Waals surface area contributed by atoms with Crippen molar-refractivity contribution in [3.05, 3.63) is 42.7 Å². The number of amides is 2. The molecule has 7 nitrogen and oxygen atoms in total. The summed E-state index contributed by atoms with van der Waals surface area (Å²) in [7, 11) is 0. The van der Waals surface area contributed by atoms with Gasteiger partial charge in [0.25, 0.3) is 5.91 Å². The molecular formula is C17H20N4O3. The lowest BCUT2D eigenvalue weighted by Gasteiger charge is -2.32. The van der Waals surface area contributed by atoms with Gasteiger partial charge in [-0.15, -0.1) is 0 Å². The zero-order chi connectivity index (χ0) is 17.1. The predicted molar refractivity (Wildman–Crippen MR) is 88.7 cm³/mol. The Balaban J connectivity index is 1.66. The molecule has 1 N–H and O–H groups in total. The standard InChI is InChI=1S/C17H20N4O3/c1-12(10-20-9-5-8-18-20)19-16(22)11-21-14-6-3-4-7-15(14)24-13(2)17(21)23/h3-9,12-13H,10-11H2,1-2H3,(H,19,22)/t12-,13-/m0/s1. The first kappa shape index (κ1) is 16.0. The molecule has 1 aromatic heterocycles. The van der Waals surface area contributed by atoms with Crippen molar-refractivity contribution in [2.24, 2.45) is 0 Å². The summed E-state index contributed by atoms with van der Waals surface area (Å²) < 4.78 is 7.32. The molecule has 0 saturated carbocycles. The summed E-state index contributed by atoms with van der Waals surface area (Å²) in [4.78, 5) is 26.2. The van der Waals surface area contributed by atoms with Crippen LogP contribution < -0.4 is 15.0 Å². The first-order chi connectivity index (χ1) is 11.5. The van der Waals surface area contributed by atoms with Gasteiger partial charge in [-0.3, -0.25) is 19.2 Å². The van der Waals surface area contributed by atoms with Crippen LogP contribution in [0.5, 0.6) is 5.75 Å². The maximum absolute atomic E-state index is 12.4. The van der Waals surface area contributed by atoms with E-state index in [0.717, 1.165) is 0 Å². The molecule has 0 bridgehead atoms. The Bertz CT molecular complexity index is 729. The van der Waals surface area contributed by atoms with Crippen molar-refractivity contribution in [3.8, 4) is 5.75 Å². The van der Waals surface area contributed by atoms with E-state index >= 15 is 0 Å². The predicted octanol–water partition coefficient (Wildman–Crippen LogP) is 1.20. The number of carbonyl (C=O) groups excluding carboxylic acids is 2. The third-order valence-corrected chi connectivity index (χ3v) is 3.80. The first-order valence-corrected chi connectivity index (χ1v) is 7.88. The summed E-state index contributed by atoms with van der Waals surface area (Å²) in [5, 5.41) is 7.01. The van der Waals surface area contributed by atoms with Crippen LogP contribution in [-0.2, 0) is 16.1 Å². The minimum atomic E-state index is -0.603. The molecule has 1 aliphatic rings. The summed E-state index contributed by atoms with van der Waals surface area (Å²) in [5.74, 6) is 0.178. The molecule has 0 aliphatic carbocycles. The quantitative estimate of drug-likeness (QED) is 0.895. The van der Waals surface area contributed by atoms with E-state index < -0.39 is 6.10 Å². The molecule has 0 radical (unpaired) electrons. The summed E-state index contributed by atoms with van der Waals surface area (Å²) >= 11 is 0. The molecule has 0 saturated heterocycles. The molecule has 0 unspecified atom stereocenters. The van der Waals surface area contributed by atoms with Gasteiger partial charge >= 0.3 is 0 Å². The van der Waals surface area contributed by atoms with Gasteiger partial charge in [0.2, 0.25) is 5.91 Å². The average molecular weight is 328 g/mol. The average Bonchev–Trinajstić information content (AvgIpc) is 3.04. The summed E-state index contributed by atoms with van der Waals surface area (Å²) in [6.07, 6.45) is 2.93. The Morgan fingerprint density at radius 2 is 2.17 bits per heavy atom. The van der Waals surface area contributed by atoms with Gasteiger partial charge in [-0.05, 0) is 32.0 Å². The van der Waals surface area contributed by atoms with Crippen LogP contribution in [0.4, 0.5) is 5.69 Å². The summed E-state index contributed by atoms with van der Waals surface area (Å²) in [5.41, 5.74) is 0.621. The van der Waals surface area contributed by atoms with Gasteiger partial charge in [0.15, 0.2) is 6.10 Å². The molecule has 2 heterocycles. The molecule has 3 rings (SSSR count). The molecule has 2 atom stereocenters. The maximum atomic E-state index is 12.4. The second-order valence-electron chi connectivity index (χ2n) is 5.85. The zero-order valence-electron chi connectivity index (χ0n) is 13.7. The number of hydrogen-bond donors (Lipinski definition) is 1. The van der Waals surface area contributed by atoms with Crippen LogP contribution in [-0.4, -0.2) is 40.3 Å². The van der Waals surface area contributed by atoms with Crippen LogP contribution in [0.3, 0.4) is 0 Å². The molecule has 126 valence electrons. The molecule has 7 heteroatoms. The van der Waals surface area contributed by atoms with Crippen molar-refractivity contribution in [3.63, 3.8) is 0 Å². The number of fused-ring (bicyclic) bond motifs is 1. The van der Waals surface area contributed by atoms with E-state index in [0.29, 0.717) is 18.0 Å². The van der Waals surface area contributed by atoms with Crippen molar-refractivity contribution in [2.75, 3.05) is 11.4 Å². The first-order valence-electron chi connectivity index (χ1n) is 7.88. The summed E-state index contributed by atoms with van der Waals surface area (Å²) in [6.45, 7) is 4.12. The van der Waals surface area contributed by atoms with Gasteiger partial charge in [-0.25, -0.2) is 0 Å². The normalized spacial score (nSPS) is 17.8. The number of nitrogens with one attached hydrogen (secondary N) is 1. The maximum Gasteiger partial charge on any atom is 0.268 e. The number of benzene rings is 1. The lowest BCUT2D eigenvalue weighted by Crippen LogP contribution is -2.50. The van der Waals surface area contributed by atoms with Gasteiger partial charge in [-0.1, -0.05) is 12.1 Å². The van der Waals surface area contributed by atoms with Crippen molar-refractivity contribution in [1.82, 2.24) is 15.1 Å². The summed E-state index contributed by atoms with van der Waals surface area (Å²) in [6, 6.07) is 8.96. The number of nitrogens with zero attached hydrogens (tertiary/aromatic N) is 3. The van der Waals surface area contributed by atoms with Crippen LogP contribution in [0.25, 0.3) is 0 Å². The number of aromatic nitrogens is 2. The zero-order valence-corrected chi connectivity index (χ0v) is 13.7. The van der Waals surface area contributed by atoms with Gasteiger partial charge in [0.1, 0.15) is 12.3 Å². The highest BCUT2D eigenvalue weighted by atomic mass is 16.5. The van der Waals surface area contributed by atoms with Crippen molar-refractivity contribution in [2.45, 2.75) is 32.5 Å². The Morgan fingerprint density at radius 1 is 1.38 bits per heavy atom. The molecule has 24 heavy (non-hydrogen) atoms. The van der Waals surface area contributed by atoms with E-state index in [4.69, 9.17) is 4.74 Å². The van der Waals surface area contributed by atoms with Crippen LogP contribution in [0.1, 0.15) is 13.8 Å². The molecular weight excluding hydrogens is 308 g/mol. The van der Waals surface area contributed by atoms with Gasteiger partial charge in [0.05, 0.1) is 12.2 Å². The highest BCUT2D eigenvalue weighted by Gasteiger charge is 2.32. The fourth-order valence-electron chi connectivity index (χ4n) is 2.72. The Labute approximate surface area is 140 Å². The van der Waals surface area contributed by atoms with E-state index in [1.165, 1.54) is 4.90 Å². The molecule has 2 aromatic rings. The molecule has 0 spiro atoms. The van der Waals surface area contributed by atoms with Crippen LogP contribution in [0.2, 0.25) is 0 Å². The van der Waals surface area contributed by atoms with Crippen molar-refractivity contribution >= 4 is 17.5 Å². The number of rotatable bonds is 5. The van der Waals surface area contributed by atoms with Crippen molar-refractivity contribution in [1.29, 1.82) is 0 Å². The Kier molecular flexibility index (Phi) is 4.50. The molecule has 1 aliphatic heterocycles. The minimum absolute atomic E-state index is 0.0347. The van der Waals surface area contributed by atoms with Crippen LogP contribution in [0, 0.1) is 0 Å². The van der Waals surface area contributed by atoms with Crippen LogP contribution in [0.15, 0.2) is 42.7 Å². The number of hydrogen-bond acceptors (Lipinski definition) is 4. The molecule has 2 amide bonds. The number of ether oxygens (including phenoxy) is 1. The second-order valence-corrected chi connectivity index (χ2v) is 5.85. The lowest BCUT2D eigenvalue weighted by atomic mass is 10.2. The fourth-order valence-corrected chi connectivity index (χ4v) is 2.72. The lowest BCUT2D eigenvalue weighted by molar-refractivity contribution is -0.128. The number of para-hydroxylation sites is 2. The Morgan fingerprint density at radius 3 is 2.92 bits per heavy atom. The largest absolute Gasteiger partial charge is 0.479 e. The van der Waals surface area contributed by atoms with Crippen molar-refractivity contribution < 1.29 is 14.3 Å². The smallest absolute Gasteiger partial charge is 0.268 e. The second kappa shape index (κ2) is 6.74. The monoisotopic (exact) mass is 328 g/mol. The molecule has 1 aromatic carbocycles. The third kappa shape index (κ3) is 3.40. The highest BCUT2D eigenvalue weighted by molar-refractivity contribution is 6.03. The van der Waals surface area contributed by atoms with E-state index in [1.807, 2.05) is 31.3 Å². The number of anilines is 1. The van der Waals surface area contributed by atoms with Crippen LogP contribution >= 0.6 is 0 Å². The van der Waals surface area contributed by atoms with Gasteiger partial charge in [-0.2, -0.15) is 5.10 Å². The third-order valence-electron chi connectivity index (χ3n) is 3.80. The number of carbonyl (C=O) groups is 2. The Hall–Kier alpha value is -2.83. The van der Waals surface area contributed by atoms with Gasteiger partial charge < -0.3 is 10.1 Å². The highest BCUT2D eigenvalue weighted by Crippen LogP contribution is 2.33. The topological polar surface area (TPSA) is 76.5 Å². The SMILES string of the molecule is C[C@@H]1Oc2ccccc2N(CC(=O)N[C@@H](C)Cn2cccn2)C1=O. The van der Waals surface area contributed by atoms with E-state index in [1.54, 1.807) is 29.9 Å². The molecule has 0 fully saturated rings. The minimum Gasteiger partial charge on any atom is -0.479 e. The fraction of sp³-hybridized carbons (Fsp3) is 0.353. The van der Waals surface area contributed by atoms with E-state index in [-0.39, 0.29) is 24.4 Å². The van der Waals surface area contributed by atoms with E-state index in [9.17, 15) is 9.59 Å². The van der Waals surface area contributed by atoms with Gasteiger partial charge in [0, 0.05) is 18.4 Å². The van der Waals surface area contributed by atoms with E-state index in [2.05, 4.69) is 10.4 Å².